The summed E-state index contributed by atoms with van der Waals surface area (Å²) in [4.78, 5) is 13.4. The Morgan fingerprint density at radius 2 is 2.15 bits per heavy atom. The van der Waals surface area contributed by atoms with E-state index in [9.17, 15) is 9.18 Å². The van der Waals surface area contributed by atoms with Crippen LogP contribution in [-0.2, 0) is 0 Å². The van der Waals surface area contributed by atoms with E-state index in [4.69, 9.17) is 20.8 Å². The summed E-state index contributed by atoms with van der Waals surface area (Å²) in [5.41, 5.74) is 0.292. The van der Waals surface area contributed by atoms with Gasteiger partial charge in [0.1, 0.15) is 6.61 Å². The smallest absolute Gasteiger partial charge is 0.258 e. The lowest BCUT2D eigenvalue weighted by Crippen LogP contribution is -2.30. The summed E-state index contributed by atoms with van der Waals surface area (Å²) in [6.07, 6.45) is 1.35. The lowest BCUT2D eigenvalue weighted by atomic mass is 10.3. The lowest BCUT2D eigenvalue weighted by Gasteiger charge is -2.17. The minimum atomic E-state index is -0.431. The Kier molecular flexibility index (Phi) is 4.63. The van der Waals surface area contributed by atoms with Crippen LogP contribution in [0.1, 0.15) is 10.4 Å². The summed E-state index contributed by atoms with van der Waals surface area (Å²) in [5.74, 6) is -0.546. The summed E-state index contributed by atoms with van der Waals surface area (Å²) >= 11 is 5.73. The second-order valence-corrected chi connectivity index (χ2v) is 4.46. The molecular weight excluding hydrogens is 285 g/mol. The topological polar surface area (TPSA) is 42.7 Å². The molecule has 4 nitrogen and oxygen atoms in total. The molecule has 1 heterocycles. The van der Waals surface area contributed by atoms with Crippen molar-refractivity contribution in [2.75, 3.05) is 20.2 Å². The highest BCUT2D eigenvalue weighted by atomic mass is 35.5. The van der Waals surface area contributed by atoms with Crippen LogP contribution in [-0.4, -0.2) is 31.0 Å². The molecular formula is C14H13ClFNO3. The van der Waals surface area contributed by atoms with Gasteiger partial charge in [0, 0.05) is 7.05 Å². The molecule has 20 heavy (non-hydrogen) atoms. The van der Waals surface area contributed by atoms with E-state index >= 15 is 0 Å². The van der Waals surface area contributed by atoms with E-state index in [1.165, 1.54) is 29.4 Å². The summed E-state index contributed by atoms with van der Waals surface area (Å²) in [5, 5.41) is 0.0527. The Labute approximate surface area is 120 Å². The first kappa shape index (κ1) is 14.4. The largest absolute Gasteiger partial charge is 0.489 e. The van der Waals surface area contributed by atoms with Crippen LogP contribution >= 0.6 is 11.6 Å². The maximum Gasteiger partial charge on any atom is 0.258 e. The predicted octanol–water partition coefficient (Wildman–Crippen LogP) is 3.22. The SMILES string of the molecule is CN(CCOc1ccccc1F)C(=O)c1ccoc1Cl. The Bertz CT molecular complexity index is 600. The molecule has 106 valence electrons. The van der Waals surface area contributed by atoms with Gasteiger partial charge in [-0.15, -0.1) is 0 Å². The van der Waals surface area contributed by atoms with Crippen molar-refractivity contribution < 1.29 is 18.3 Å². The maximum atomic E-state index is 13.3. The fourth-order valence-corrected chi connectivity index (χ4v) is 1.80. The molecule has 0 unspecified atom stereocenters. The molecule has 0 saturated carbocycles. The standard InChI is InChI=1S/C14H13ClFNO3/c1-17(14(18)10-6-8-20-13(10)15)7-9-19-12-5-3-2-4-11(12)16/h2-6,8H,7,9H2,1H3. The zero-order valence-corrected chi connectivity index (χ0v) is 11.6. The first-order valence-corrected chi connectivity index (χ1v) is 6.33. The van der Waals surface area contributed by atoms with Crippen molar-refractivity contribution in [2.45, 2.75) is 0 Å². The van der Waals surface area contributed by atoms with Crippen LogP contribution in [0.3, 0.4) is 0 Å². The van der Waals surface area contributed by atoms with Gasteiger partial charge in [-0.25, -0.2) is 4.39 Å². The Balaban J connectivity index is 1.87. The predicted molar refractivity (Wildman–Crippen MR) is 72.6 cm³/mol. The maximum absolute atomic E-state index is 13.3. The molecule has 1 aromatic carbocycles. The molecule has 0 N–H and O–H groups in total. The third kappa shape index (κ3) is 3.30. The van der Waals surface area contributed by atoms with Crippen molar-refractivity contribution in [1.82, 2.24) is 4.90 Å². The van der Waals surface area contributed by atoms with Crippen molar-refractivity contribution in [2.24, 2.45) is 0 Å². The second kappa shape index (κ2) is 6.43. The van der Waals surface area contributed by atoms with Gasteiger partial charge >= 0.3 is 0 Å². The van der Waals surface area contributed by atoms with Gasteiger partial charge in [0.25, 0.3) is 5.91 Å². The molecule has 0 aliphatic carbocycles. The quantitative estimate of drug-likeness (QED) is 0.851. The number of benzene rings is 1. The highest BCUT2D eigenvalue weighted by molar-refractivity contribution is 6.32. The monoisotopic (exact) mass is 297 g/mol. The first-order valence-electron chi connectivity index (χ1n) is 5.95. The number of likely N-dealkylation sites (N-methyl/N-ethyl adjacent to an activating group) is 1. The fourth-order valence-electron chi connectivity index (χ4n) is 1.61. The molecule has 1 aromatic heterocycles. The van der Waals surface area contributed by atoms with Gasteiger partial charge in [-0.05, 0) is 29.8 Å². The normalized spacial score (nSPS) is 10.3. The van der Waals surface area contributed by atoms with Crippen molar-refractivity contribution in [3.8, 4) is 5.75 Å². The van der Waals surface area contributed by atoms with Crippen LogP contribution in [0.4, 0.5) is 4.39 Å². The van der Waals surface area contributed by atoms with E-state index < -0.39 is 5.82 Å². The van der Waals surface area contributed by atoms with Crippen LogP contribution in [0, 0.1) is 5.82 Å². The highest BCUT2D eigenvalue weighted by Crippen LogP contribution is 2.18. The molecule has 0 spiro atoms. The van der Waals surface area contributed by atoms with Crippen LogP contribution < -0.4 is 4.74 Å². The number of carbonyl (C=O) groups is 1. The molecule has 2 aromatic rings. The molecule has 0 aliphatic rings. The van der Waals surface area contributed by atoms with Gasteiger partial charge in [0.2, 0.25) is 5.22 Å². The average molecular weight is 298 g/mol. The van der Waals surface area contributed by atoms with Crippen molar-refractivity contribution in [3.05, 3.63) is 53.2 Å². The van der Waals surface area contributed by atoms with Gasteiger partial charge in [-0.1, -0.05) is 12.1 Å². The van der Waals surface area contributed by atoms with Gasteiger partial charge in [-0.3, -0.25) is 4.79 Å². The average Bonchev–Trinajstić information content (AvgIpc) is 2.86. The molecule has 0 fully saturated rings. The fraction of sp³-hybridized carbons (Fsp3) is 0.214. The van der Waals surface area contributed by atoms with Crippen molar-refractivity contribution >= 4 is 17.5 Å². The zero-order valence-electron chi connectivity index (χ0n) is 10.8. The van der Waals surface area contributed by atoms with E-state index in [0.717, 1.165) is 0 Å². The van der Waals surface area contributed by atoms with E-state index in [-0.39, 0.29) is 23.5 Å². The third-order valence-electron chi connectivity index (χ3n) is 2.72. The van der Waals surface area contributed by atoms with Crippen LogP contribution in [0.15, 0.2) is 41.0 Å². The van der Waals surface area contributed by atoms with Crippen molar-refractivity contribution in [3.63, 3.8) is 0 Å². The van der Waals surface area contributed by atoms with E-state index in [1.54, 1.807) is 19.2 Å². The van der Waals surface area contributed by atoms with Crippen LogP contribution in [0.2, 0.25) is 5.22 Å². The summed E-state index contributed by atoms with van der Waals surface area (Å²) in [7, 11) is 1.61. The zero-order chi connectivity index (χ0) is 14.5. The van der Waals surface area contributed by atoms with Gasteiger partial charge < -0.3 is 14.1 Å². The molecule has 0 aliphatic heterocycles. The number of rotatable bonds is 5. The number of halogens is 2. The van der Waals surface area contributed by atoms with E-state index in [0.29, 0.717) is 12.1 Å². The minimum absolute atomic E-state index is 0.0527. The highest BCUT2D eigenvalue weighted by Gasteiger charge is 2.17. The van der Waals surface area contributed by atoms with Gasteiger partial charge in [-0.2, -0.15) is 0 Å². The summed E-state index contributed by atoms with van der Waals surface area (Å²) in [6.45, 7) is 0.479. The van der Waals surface area contributed by atoms with Crippen LogP contribution in [0.25, 0.3) is 0 Å². The van der Waals surface area contributed by atoms with Crippen LogP contribution in [0.5, 0.6) is 5.75 Å². The number of hydrogen-bond acceptors (Lipinski definition) is 3. The lowest BCUT2D eigenvalue weighted by molar-refractivity contribution is 0.0772. The number of nitrogens with zero attached hydrogens (tertiary/aromatic N) is 1. The Hall–Kier alpha value is -2.01. The van der Waals surface area contributed by atoms with E-state index in [1.807, 2.05) is 0 Å². The molecule has 6 heteroatoms. The van der Waals surface area contributed by atoms with Gasteiger partial charge in [0.05, 0.1) is 18.4 Å². The van der Waals surface area contributed by atoms with Gasteiger partial charge in [0.15, 0.2) is 11.6 Å². The van der Waals surface area contributed by atoms with E-state index in [2.05, 4.69) is 0 Å². The Morgan fingerprint density at radius 3 is 2.80 bits per heavy atom. The number of amides is 1. The number of furan rings is 1. The molecule has 1 amide bonds. The first-order chi connectivity index (χ1) is 9.59. The third-order valence-corrected chi connectivity index (χ3v) is 3.01. The molecule has 0 atom stereocenters. The summed E-state index contributed by atoms with van der Waals surface area (Å²) < 4.78 is 23.5. The number of hydrogen-bond donors (Lipinski definition) is 0. The second-order valence-electron chi connectivity index (χ2n) is 4.11. The molecule has 0 bridgehead atoms. The molecule has 2 rings (SSSR count). The molecule has 0 saturated heterocycles. The Morgan fingerprint density at radius 1 is 1.40 bits per heavy atom. The number of para-hydroxylation sites is 1. The number of carbonyl (C=O) groups excluding carboxylic acids is 1. The minimum Gasteiger partial charge on any atom is -0.489 e. The number of ether oxygens (including phenoxy) is 1. The molecule has 0 radical (unpaired) electrons. The summed E-state index contributed by atoms with van der Waals surface area (Å²) in [6, 6.07) is 7.61. The van der Waals surface area contributed by atoms with Crippen molar-refractivity contribution in [1.29, 1.82) is 0 Å².